The van der Waals surface area contributed by atoms with Crippen LogP contribution in [0.1, 0.15) is 30.3 Å². The van der Waals surface area contributed by atoms with Crippen molar-refractivity contribution in [2.45, 2.75) is 36.2 Å². The van der Waals surface area contributed by atoms with E-state index >= 15 is 0 Å². The van der Waals surface area contributed by atoms with Gasteiger partial charge < -0.3 is 24.3 Å². The summed E-state index contributed by atoms with van der Waals surface area (Å²) in [6.45, 7) is 4.84. The number of sulfonamides is 1. The molecule has 0 radical (unpaired) electrons. The van der Waals surface area contributed by atoms with Crippen molar-refractivity contribution in [2.24, 2.45) is 0 Å². The lowest BCUT2D eigenvalue weighted by Crippen LogP contribution is -2.51. The molecule has 4 heterocycles. The number of hydrogen-bond donors (Lipinski definition) is 1. The summed E-state index contributed by atoms with van der Waals surface area (Å²) in [6, 6.07) is 1.54. The van der Waals surface area contributed by atoms with Crippen LogP contribution in [0.2, 0.25) is 0 Å². The third-order valence-electron chi connectivity index (χ3n) is 7.23. The number of pyridine rings is 1. The monoisotopic (exact) mass is 519 g/mol. The van der Waals surface area contributed by atoms with Crippen LogP contribution < -0.4 is 9.62 Å². The second kappa shape index (κ2) is 8.89. The van der Waals surface area contributed by atoms with Crippen LogP contribution in [0, 0.1) is 0 Å². The molecule has 1 saturated carbocycles. The maximum Gasteiger partial charge on any atom is 0.319 e. The van der Waals surface area contributed by atoms with Crippen molar-refractivity contribution in [2.75, 3.05) is 65.4 Å². The number of aromatic nitrogens is 2. The number of carbonyl (C=O) groups is 2. The first-order valence-corrected chi connectivity index (χ1v) is 13.6. The van der Waals surface area contributed by atoms with E-state index in [1.54, 1.807) is 46.3 Å². The summed E-state index contributed by atoms with van der Waals surface area (Å²) in [5.74, 6) is -0.250. The number of imidazole rings is 1. The highest BCUT2D eigenvalue weighted by atomic mass is 32.2. The number of urea groups is 1. The van der Waals surface area contributed by atoms with E-state index in [2.05, 4.69) is 9.71 Å². The van der Waals surface area contributed by atoms with E-state index in [4.69, 9.17) is 4.74 Å². The third-order valence-corrected chi connectivity index (χ3v) is 8.84. The SMILES string of the molecule is CN(C)C(=O)N1CCN(c2cc(S(=O)(=O)NC3(C)CC3)cn3c(C(=O)N(C)C4COC4)cnc23)CC1. The largest absolute Gasteiger partial charge is 0.377 e. The Morgan fingerprint density at radius 3 is 2.36 bits per heavy atom. The molecule has 2 aliphatic heterocycles. The van der Waals surface area contributed by atoms with Gasteiger partial charge in [-0.25, -0.2) is 22.9 Å². The normalized spacial score (nSPS) is 19.8. The number of ether oxygens (including phenoxy) is 1. The van der Waals surface area contributed by atoms with Crippen molar-refractivity contribution >= 4 is 33.3 Å². The van der Waals surface area contributed by atoms with Crippen LogP contribution in [0.5, 0.6) is 0 Å². The van der Waals surface area contributed by atoms with Gasteiger partial charge in [0.05, 0.1) is 31.1 Å². The Bertz CT molecular complexity index is 1290. The second-order valence-corrected chi connectivity index (χ2v) is 12.0. The minimum absolute atomic E-state index is 0.0202. The predicted octanol–water partition coefficient (Wildman–Crippen LogP) is 0.440. The van der Waals surface area contributed by atoms with Gasteiger partial charge in [0.25, 0.3) is 5.91 Å². The fraction of sp³-hybridized carbons (Fsp3) is 0.609. The Morgan fingerprint density at radius 1 is 1.14 bits per heavy atom. The van der Waals surface area contributed by atoms with Gasteiger partial charge in [-0.15, -0.1) is 0 Å². The van der Waals surface area contributed by atoms with Gasteiger partial charge in [0, 0.05) is 59.1 Å². The zero-order chi connectivity index (χ0) is 25.8. The summed E-state index contributed by atoms with van der Waals surface area (Å²) >= 11 is 0. The molecule has 0 spiro atoms. The maximum atomic E-state index is 13.3. The molecule has 12 nitrogen and oxygen atoms in total. The average Bonchev–Trinajstić information content (AvgIpc) is 3.36. The molecular formula is C23H33N7O5S. The molecule has 5 rings (SSSR count). The van der Waals surface area contributed by atoms with Crippen LogP contribution in [0.3, 0.4) is 0 Å². The minimum Gasteiger partial charge on any atom is -0.377 e. The zero-order valence-corrected chi connectivity index (χ0v) is 21.9. The summed E-state index contributed by atoms with van der Waals surface area (Å²) in [4.78, 5) is 37.2. The molecule has 0 bridgehead atoms. The van der Waals surface area contributed by atoms with Crippen LogP contribution in [0.15, 0.2) is 23.4 Å². The van der Waals surface area contributed by atoms with Crippen LogP contribution in [-0.2, 0) is 14.8 Å². The summed E-state index contributed by atoms with van der Waals surface area (Å²) in [5, 5.41) is 0. The van der Waals surface area contributed by atoms with Crippen LogP contribution in [0.25, 0.3) is 5.65 Å². The van der Waals surface area contributed by atoms with Gasteiger partial charge in [-0.2, -0.15) is 0 Å². The molecule has 0 aromatic carbocycles. The Kier molecular flexibility index (Phi) is 6.12. The lowest BCUT2D eigenvalue weighted by atomic mass is 10.2. The third kappa shape index (κ3) is 4.50. The van der Waals surface area contributed by atoms with Crippen LogP contribution in [-0.4, -0.2) is 117 Å². The highest BCUT2D eigenvalue weighted by Gasteiger charge is 2.42. The fourth-order valence-electron chi connectivity index (χ4n) is 4.47. The standard InChI is InChI=1S/C23H33N7O5S/c1-23(5-6-23)25-36(33,34)17-11-18(28-7-9-29(10-8-28)22(32)26(2)3)20-24-12-19(30(20)13-17)21(31)27(4)16-14-35-15-16/h11-13,16,25H,5-10,14-15H2,1-4H3. The van der Waals surface area contributed by atoms with Crippen molar-refractivity contribution in [3.8, 4) is 0 Å². The molecule has 3 amide bonds. The van der Waals surface area contributed by atoms with Crippen LogP contribution >= 0.6 is 0 Å². The summed E-state index contributed by atoms with van der Waals surface area (Å²) in [7, 11) is 1.32. The summed E-state index contributed by atoms with van der Waals surface area (Å²) in [5.41, 5.74) is 0.964. The Labute approximate surface area is 210 Å². The molecule has 0 unspecified atom stereocenters. The molecule has 0 atom stereocenters. The minimum atomic E-state index is -3.84. The van der Waals surface area contributed by atoms with Gasteiger partial charge >= 0.3 is 6.03 Å². The van der Waals surface area contributed by atoms with Crippen molar-refractivity contribution in [3.63, 3.8) is 0 Å². The van der Waals surface area contributed by atoms with Crippen molar-refractivity contribution in [3.05, 3.63) is 24.2 Å². The molecular weight excluding hydrogens is 486 g/mol. The number of nitrogens with one attached hydrogen (secondary N) is 1. The van der Waals surface area contributed by atoms with Gasteiger partial charge in [0.15, 0.2) is 5.65 Å². The Hall–Kier alpha value is -2.90. The summed E-state index contributed by atoms with van der Waals surface area (Å²) < 4.78 is 36.3. The molecule has 36 heavy (non-hydrogen) atoms. The molecule has 2 aromatic heterocycles. The molecule has 2 saturated heterocycles. The number of fused-ring (bicyclic) bond motifs is 1. The Morgan fingerprint density at radius 2 is 1.81 bits per heavy atom. The van der Waals surface area contributed by atoms with Crippen molar-refractivity contribution in [1.29, 1.82) is 0 Å². The lowest BCUT2D eigenvalue weighted by molar-refractivity contribution is -0.0469. The van der Waals surface area contributed by atoms with Crippen LogP contribution in [0.4, 0.5) is 10.5 Å². The molecule has 1 N–H and O–H groups in total. The quantitative estimate of drug-likeness (QED) is 0.588. The number of nitrogens with zero attached hydrogens (tertiary/aromatic N) is 6. The summed E-state index contributed by atoms with van der Waals surface area (Å²) in [6.07, 6.45) is 4.54. The van der Waals surface area contributed by atoms with Gasteiger partial charge in [0.2, 0.25) is 10.0 Å². The van der Waals surface area contributed by atoms with Gasteiger partial charge in [0.1, 0.15) is 10.6 Å². The first-order valence-electron chi connectivity index (χ1n) is 12.1. The first-order chi connectivity index (χ1) is 17.0. The van der Waals surface area contributed by atoms with E-state index in [0.717, 1.165) is 12.8 Å². The van der Waals surface area contributed by atoms with E-state index in [1.165, 1.54) is 12.4 Å². The topological polar surface area (TPSA) is 120 Å². The molecule has 2 aromatic rings. The van der Waals surface area contributed by atoms with Crippen molar-refractivity contribution in [1.82, 2.24) is 28.8 Å². The Balaban J connectivity index is 1.53. The number of likely N-dealkylation sites (N-methyl/N-ethyl adjacent to an activating group) is 1. The number of piperazine rings is 1. The number of carbonyl (C=O) groups excluding carboxylic acids is 2. The molecule has 3 aliphatic rings. The smallest absolute Gasteiger partial charge is 0.319 e. The second-order valence-electron chi connectivity index (χ2n) is 10.3. The average molecular weight is 520 g/mol. The molecule has 3 fully saturated rings. The van der Waals surface area contributed by atoms with E-state index < -0.39 is 15.6 Å². The van der Waals surface area contributed by atoms with E-state index in [1.807, 2.05) is 11.8 Å². The number of anilines is 1. The molecule has 196 valence electrons. The van der Waals surface area contributed by atoms with Crippen molar-refractivity contribution < 1.29 is 22.7 Å². The van der Waals surface area contributed by atoms with Gasteiger partial charge in [-0.1, -0.05) is 0 Å². The number of amides is 3. The highest BCUT2D eigenvalue weighted by molar-refractivity contribution is 7.89. The highest BCUT2D eigenvalue weighted by Crippen LogP contribution is 2.36. The maximum absolute atomic E-state index is 13.3. The molecule has 13 heteroatoms. The van der Waals surface area contributed by atoms with E-state index in [9.17, 15) is 18.0 Å². The van der Waals surface area contributed by atoms with E-state index in [0.29, 0.717) is 50.7 Å². The van der Waals surface area contributed by atoms with Gasteiger partial charge in [-0.05, 0) is 25.8 Å². The molecule has 1 aliphatic carbocycles. The van der Waals surface area contributed by atoms with Gasteiger partial charge in [-0.3, -0.25) is 9.20 Å². The first kappa shape index (κ1) is 24.8. The zero-order valence-electron chi connectivity index (χ0n) is 21.1. The fourth-order valence-corrected chi connectivity index (χ4v) is 5.95. The van der Waals surface area contributed by atoms with E-state index in [-0.39, 0.29) is 28.6 Å². The lowest BCUT2D eigenvalue weighted by Gasteiger charge is -2.37. The predicted molar refractivity (Wildman–Crippen MR) is 133 cm³/mol. The number of rotatable bonds is 6. The number of hydrogen-bond acceptors (Lipinski definition) is 7.